The van der Waals surface area contributed by atoms with E-state index in [2.05, 4.69) is 10.6 Å². The molecule has 0 bridgehead atoms. The normalized spacial score (nSPS) is 11.1. The van der Waals surface area contributed by atoms with Crippen molar-refractivity contribution in [2.24, 2.45) is 5.73 Å². The standard InChI is InChI=1S/C13H17Cl2N3O2/c1-13(2,16)7-18-11(19)6-17-12(20)8-3-4-9(14)10(15)5-8/h3-5H,6-7,16H2,1-2H3,(H,17,20)(H,18,19). The Morgan fingerprint density at radius 3 is 2.40 bits per heavy atom. The van der Waals surface area contributed by atoms with Crippen LogP contribution in [0.3, 0.4) is 0 Å². The summed E-state index contributed by atoms with van der Waals surface area (Å²) in [4.78, 5) is 23.3. The average molecular weight is 318 g/mol. The van der Waals surface area contributed by atoms with Crippen LogP contribution in [0.25, 0.3) is 0 Å². The largest absolute Gasteiger partial charge is 0.353 e. The number of carbonyl (C=O) groups excluding carboxylic acids is 2. The number of hydrogen-bond acceptors (Lipinski definition) is 3. The van der Waals surface area contributed by atoms with Crippen LogP contribution in [-0.2, 0) is 4.79 Å². The van der Waals surface area contributed by atoms with Crippen LogP contribution in [-0.4, -0.2) is 30.4 Å². The fourth-order valence-electron chi connectivity index (χ4n) is 1.29. The lowest BCUT2D eigenvalue weighted by atomic mass is 10.1. The van der Waals surface area contributed by atoms with E-state index in [0.29, 0.717) is 17.1 Å². The van der Waals surface area contributed by atoms with Crippen LogP contribution in [0.4, 0.5) is 0 Å². The molecule has 0 saturated heterocycles. The van der Waals surface area contributed by atoms with Crippen molar-refractivity contribution in [1.82, 2.24) is 10.6 Å². The maximum Gasteiger partial charge on any atom is 0.251 e. The Labute approximate surface area is 127 Å². The molecule has 0 fully saturated rings. The molecule has 110 valence electrons. The Hall–Kier alpha value is -1.30. The summed E-state index contributed by atoms with van der Waals surface area (Å²) in [5.41, 5.74) is 5.57. The monoisotopic (exact) mass is 317 g/mol. The van der Waals surface area contributed by atoms with Gasteiger partial charge in [0.25, 0.3) is 5.91 Å². The van der Waals surface area contributed by atoms with Gasteiger partial charge in [-0.05, 0) is 32.0 Å². The third kappa shape index (κ3) is 5.77. The van der Waals surface area contributed by atoms with Crippen molar-refractivity contribution >= 4 is 35.0 Å². The van der Waals surface area contributed by atoms with Crippen LogP contribution in [0.1, 0.15) is 24.2 Å². The van der Waals surface area contributed by atoms with Crippen molar-refractivity contribution in [3.63, 3.8) is 0 Å². The van der Waals surface area contributed by atoms with Crippen LogP contribution >= 0.6 is 23.2 Å². The molecule has 0 spiro atoms. The summed E-state index contributed by atoms with van der Waals surface area (Å²) < 4.78 is 0. The highest BCUT2D eigenvalue weighted by atomic mass is 35.5. The molecule has 20 heavy (non-hydrogen) atoms. The zero-order valence-corrected chi connectivity index (χ0v) is 12.8. The van der Waals surface area contributed by atoms with Gasteiger partial charge in [-0.1, -0.05) is 23.2 Å². The lowest BCUT2D eigenvalue weighted by molar-refractivity contribution is -0.120. The zero-order chi connectivity index (χ0) is 15.3. The van der Waals surface area contributed by atoms with E-state index in [1.807, 2.05) is 0 Å². The van der Waals surface area contributed by atoms with Crippen LogP contribution in [0.5, 0.6) is 0 Å². The first-order valence-electron chi connectivity index (χ1n) is 5.98. The van der Waals surface area contributed by atoms with Gasteiger partial charge in [0.05, 0.1) is 16.6 Å². The van der Waals surface area contributed by atoms with E-state index in [-0.39, 0.29) is 17.5 Å². The van der Waals surface area contributed by atoms with Gasteiger partial charge in [-0.25, -0.2) is 0 Å². The van der Waals surface area contributed by atoms with Crippen LogP contribution in [0.15, 0.2) is 18.2 Å². The maximum absolute atomic E-state index is 11.8. The summed E-state index contributed by atoms with van der Waals surface area (Å²) >= 11 is 11.6. The highest BCUT2D eigenvalue weighted by Gasteiger charge is 2.13. The second-order valence-corrected chi connectivity index (χ2v) is 5.89. The second-order valence-electron chi connectivity index (χ2n) is 5.08. The zero-order valence-electron chi connectivity index (χ0n) is 11.3. The Kier molecular flexibility index (Phi) is 5.80. The molecule has 0 aliphatic carbocycles. The first kappa shape index (κ1) is 16.8. The lowest BCUT2D eigenvalue weighted by Gasteiger charge is -2.18. The number of carbonyl (C=O) groups is 2. The molecule has 0 saturated carbocycles. The highest BCUT2D eigenvalue weighted by Crippen LogP contribution is 2.22. The maximum atomic E-state index is 11.8. The smallest absolute Gasteiger partial charge is 0.251 e. The van der Waals surface area contributed by atoms with Gasteiger partial charge < -0.3 is 16.4 Å². The molecule has 0 aromatic heterocycles. The molecule has 0 heterocycles. The van der Waals surface area contributed by atoms with E-state index in [1.165, 1.54) is 18.2 Å². The molecule has 5 nitrogen and oxygen atoms in total. The van der Waals surface area contributed by atoms with Crippen molar-refractivity contribution in [1.29, 1.82) is 0 Å². The van der Waals surface area contributed by atoms with Gasteiger partial charge >= 0.3 is 0 Å². The van der Waals surface area contributed by atoms with Crippen LogP contribution in [0, 0.1) is 0 Å². The van der Waals surface area contributed by atoms with Gasteiger partial charge in [-0.3, -0.25) is 9.59 Å². The Morgan fingerprint density at radius 2 is 1.85 bits per heavy atom. The van der Waals surface area contributed by atoms with Gasteiger partial charge in [0.15, 0.2) is 0 Å². The third-order valence-corrected chi connectivity index (χ3v) is 3.07. The molecule has 1 rings (SSSR count). The molecule has 0 aliphatic heterocycles. The summed E-state index contributed by atoms with van der Waals surface area (Å²) in [5.74, 6) is -0.706. The van der Waals surface area contributed by atoms with E-state index in [4.69, 9.17) is 28.9 Å². The molecular formula is C13H17Cl2N3O2. The van der Waals surface area contributed by atoms with Crippen LogP contribution in [0.2, 0.25) is 10.0 Å². The fraction of sp³-hybridized carbons (Fsp3) is 0.385. The number of hydrogen-bond donors (Lipinski definition) is 3. The SMILES string of the molecule is CC(C)(N)CNC(=O)CNC(=O)c1ccc(Cl)c(Cl)c1. The average Bonchev–Trinajstić information content (AvgIpc) is 2.36. The second kappa shape index (κ2) is 6.92. The van der Waals surface area contributed by atoms with Crippen LogP contribution < -0.4 is 16.4 Å². The molecule has 0 unspecified atom stereocenters. The highest BCUT2D eigenvalue weighted by molar-refractivity contribution is 6.42. The number of nitrogens with two attached hydrogens (primary N) is 1. The molecule has 1 aromatic carbocycles. The summed E-state index contributed by atoms with van der Waals surface area (Å²) in [6.45, 7) is 3.78. The number of nitrogens with one attached hydrogen (secondary N) is 2. The third-order valence-electron chi connectivity index (χ3n) is 2.33. The topological polar surface area (TPSA) is 84.2 Å². The van der Waals surface area contributed by atoms with Gasteiger partial charge in [0, 0.05) is 17.6 Å². The quantitative estimate of drug-likeness (QED) is 0.770. The summed E-state index contributed by atoms with van der Waals surface area (Å²) in [6, 6.07) is 4.50. The Balaban J connectivity index is 2.47. The molecule has 0 aliphatic rings. The number of halogens is 2. The molecule has 1 aromatic rings. The lowest BCUT2D eigenvalue weighted by Crippen LogP contribution is -2.47. The van der Waals surface area contributed by atoms with Gasteiger partial charge in [-0.2, -0.15) is 0 Å². The molecule has 0 radical (unpaired) electrons. The summed E-state index contributed by atoms with van der Waals surface area (Å²) in [6.07, 6.45) is 0. The van der Waals surface area contributed by atoms with Crippen molar-refractivity contribution in [3.8, 4) is 0 Å². The van der Waals surface area contributed by atoms with Crippen molar-refractivity contribution in [2.75, 3.05) is 13.1 Å². The van der Waals surface area contributed by atoms with E-state index in [1.54, 1.807) is 13.8 Å². The molecule has 0 atom stereocenters. The Morgan fingerprint density at radius 1 is 1.20 bits per heavy atom. The molecule has 2 amide bonds. The minimum Gasteiger partial charge on any atom is -0.353 e. The van der Waals surface area contributed by atoms with Gasteiger partial charge in [-0.15, -0.1) is 0 Å². The predicted octanol–water partition coefficient (Wildman–Crippen LogP) is 1.58. The predicted molar refractivity (Wildman–Crippen MR) is 80.1 cm³/mol. The Bertz CT molecular complexity index is 513. The minimum atomic E-state index is -0.497. The number of rotatable bonds is 5. The minimum absolute atomic E-state index is 0.130. The first-order valence-corrected chi connectivity index (χ1v) is 6.73. The first-order chi connectivity index (χ1) is 9.19. The van der Waals surface area contributed by atoms with Crippen molar-refractivity contribution < 1.29 is 9.59 Å². The molecule has 4 N–H and O–H groups in total. The summed E-state index contributed by atoms with van der Waals surface area (Å²) in [5, 5.41) is 5.76. The van der Waals surface area contributed by atoms with Crippen molar-refractivity contribution in [3.05, 3.63) is 33.8 Å². The fourth-order valence-corrected chi connectivity index (χ4v) is 1.59. The molecular weight excluding hydrogens is 301 g/mol. The van der Waals surface area contributed by atoms with Crippen molar-refractivity contribution in [2.45, 2.75) is 19.4 Å². The van der Waals surface area contributed by atoms with E-state index in [9.17, 15) is 9.59 Å². The van der Waals surface area contributed by atoms with E-state index < -0.39 is 11.4 Å². The number of benzene rings is 1. The molecule has 7 heteroatoms. The summed E-state index contributed by atoms with van der Waals surface area (Å²) in [7, 11) is 0. The van der Waals surface area contributed by atoms with E-state index >= 15 is 0 Å². The van der Waals surface area contributed by atoms with E-state index in [0.717, 1.165) is 0 Å². The number of amides is 2. The van der Waals surface area contributed by atoms with Gasteiger partial charge in [0.2, 0.25) is 5.91 Å². The van der Waals surface area contributed by atoms with Gasteiger partial charge in [0.1, 0.15) is 0 Å².